The molecule has 5 heteroatoms. The van der Waals surface area contributed by atoms with Crippen LogP contribution in [0.25, 0.3) is 0 Å². The molecule has 0 atom stereocenters. The van der Waals surface area contributed by atoms with Crippen LogP contribution in [0.15, 0.2) is 6.20 Å². The molecule has 0 bridgehead atoms. The molecule has 94 valence electrons. The second-order valence-corrected chi connectivity index (χ2v) is 4.91. The number of hydrogen-bond donors (Lipinski definition) is 1. The Hall–Kier alpha value is -1.03. The standard InChI is InChI=1S/C12H18ClN3O/c1-9-11(8-14-15-9)12(17)16(7-3-6-13)10-4-2-5-10/h8,10H,2-7H2,1H3,(H,14,15). The molecule has 2 rings (SSSR count). The van der Waals surface area contributed by atoms with Crippen LogP contribution < -0.4 is 0 Å². The number of aromatic nitrogens is 2. The van der Waals surface area contributed by atoms with Crippen molar-refractivity contribution in [3.63, 3.8) is 0 Å². The lowest BCUT2D eigenvalue weighted by Crippen LogP contribution is -2.45. The van der Waals surface area contributed by atoms with E-state index >= 15 is 0 Å². The number of aromatic amines is 1. The third kappa shape index (κ3) is 2.63. The van der Waals surface area contributed by atoms with Gasteiger partial charge in [0, 0.05) is 24.2 Å². The van der Waals surface area contributed by atoms with E-state index in [-0.39, 0.29) is 5.91 Å². The van der Waals surface area contributed by atoms with Gasteiger partial charge in [-0.05, 0) is 32.6 Å². The van der Waals surface area contributed by atoms with E-state index < -0.39 is 0 Å². The van der Waals surface area contributed by atoms with Gasteiger partial charge in [0.1, 0.15) is 0 Å². The van der Waals surface area contributed by atoms with Crippen LogP contribution in [0, 0.1) is 6.92 Å². The lowest BCUT2D eigenvalue weighted by molar-refractivity contribution is 0.0580. The van der Waals surface area contributed by atoms with Gasteiger partial charge < -0.3 is 4.90 Å². The van der Waals surface area contributed by atoms with Crippen molar-refractivity contribution in [3.8, 4) is 0 Å². The summed E-state index contributed by atoms with van der Waals surface area (Å²) in [4.78, 5) is 14.4. The minimum absolute atomic E-state index is 0.0890. The predicted molar refractivity (Wildman–Crippen MR) is 67.3 cm³/mol. The molecule has 1 amide bonds. The first kappa shape index (κ1) is 12.4. The largest absolute Gasteiger partial charge is 0.336 e. The zero-order valence-corrected chi connectivity index (χ0v) is 10.8. The summed E-state index contributed by atoms with van der Waals surface area (Å²) in [5.74, 6) is 0.687. The van der Waals surface area contributed by atoms with E-state index in [1.165, 1.54) is 6.42 Å². The zero-order valence-electron chi connectivity index (χ0n) is 10.1. The highest BCUT2D eigenvalue weighted by atomic mass is 35.5. The number of carbonyl (C=O) groups is 1. The molecule has 0 aliphatic heterocycles. The van der Waals surface area contributed by atoms with Crippen molar-refractivity contribution >= 4 is 17.5 Å². The second kappa shape index (κ2) is 5.54. The van der Waals surface area contributed by atoms with Crippen LogP contribution in [0.2, 0.25) is 0 Å². The van der Waals surface area contributed by atoms with E-state index in [1.54, 1.807) is 6.20 Å². The quantitative estimate of drug-likeness (QED) is 0.821. The summed E-state index contributed by atoms with van der Waals surface area (Å²) in [6.45, 7) is 2.62. The summed E-state index contributed by atoms with van der Waals surface area (Å²) in [6, 6.07) is 0.403. The summed E-state index contributed by atoms with van der Waals surface area (Å²) in [6.07, 6.45) is 5.92. The Morgan fingerprint density at radius 2 is 2.41 bits per heavy atom. The molecule has 1 heterocycles. The van der Waals surface area contributed by atoms with Crippen LogP contribution in [0.5, 0.6) is 0 Å². The molecule has 1 aliphatic rings. The normalized spacial score (nSPS) is 15.6. The minimum Gasteiger partial charge on any atom is -0.336 e. The molecule has 0 aromatic carbocycles. The smallest absolute Gasteiger partial charge is 0.257 e. The molecule has 1 aromatic heterocycles. The van der Waals surface area contributed by atoms with Crippen LogP contribution >= 0.6 is 11.6 Å². The third-order valence-electron chi connectivity index (χ3n) is 3.37. The Bertz CT molecular complexity index is 387. The molecule has 0 radical (unpaired) electrons. The number of alkyl halides is 1. The summed E-state index contributed by atoms with van der Waals surface area (Å²) >= 11 is 5.72. The van der Waals surface area contributed by atoms with Crippen molar-refractivity contribution in [1.82, 2.24) is 15.1 Å². The average molecular weight is 256 g/mol. The molecule has 4 nitrogen and oxygen atoms in total. The van der Waals surface area contributed by atoms with Crippen LogP contribution in [0.4, 0.5) is 0 Å². The minimum atomic E-state index is 0.0890. The monoisotopic (exact) mass is 255 g/mol. The fraction of sp³-hybridized carbons (Fsp3) is 0.667. The predicted octanol–water partition coefficient (Wildman–Crippen LogP) is 2.34. The van der Waals surface area contributed by atoms with E-state index in [4.69, 9.17) is 11.6 Å². The summed E-state index contributed by atoms with van der Waals surface area (Å²) in [5.41, 5.74) is 1.52. The lowest BCUT2D eigenvalue weighted by Gasteiger charge is -2.37. The van der Waals surface area contributed by atoms with Crippen molar-refractivity contribution in [2.45, 2.75) is 38.6 Å². The maximum Gasteiger partial charge on any atom is 0.257 e. The first-order valence-electron chi connectivity index (χ1n) is 6.11. The van der Waals surface area contributed by atoms with Crippen LogP contribution in [0.3, 0.4) is 0 Å². The van der Waals surface area contributed by atoms with E-state index in [2.05, 4.69) is 10.2 Å². The van der Waals surface area contributed by atoms with Crippen molar-refractivity contribution in [1.29, 1.82) is 0 Å². The van der Waals surface area contributed by atoms with Gasteiger partial charge in [-0.3, -0.25) is 9.89 Å². The van der Waals surface area contributed by atoms with Gasteiger partial charge in [0.15, 0.2) is 0 Å². The molecule has 17 heavy (non-hydrogen) atoms. The Balaban J connectivity index is 2.09. The highest BCUT2D eigenvalue weighted by molar-refractivity contribution is 6.17. The van der Waals surface area contributed by atoms with Crippen LogP contribution in [0.1, 0.15) is 41.7 Å². The molecule has 1 saturated carbocycles. The number of halogens is 1. The third-order valence-corrected chi connectivity index (χ3v) is 3.64. The van der Waals surface area contributed by atoms with Crippen LogP contribution in [-0.4, -0.2) is 39.5 Å². The van der Waals surface area contributed by atoms with Crippen molar-refractivity contribution in [2.75, 3.05) is 12.4 Å². The number of hydrogen-bond acceptors (Lipinski definition) is 2. The van der Waals surface area contributed by atoms with Crippen molar-refractivity contribution in [2.24, 2.45) is 0 Å². The number of nitrogens with zero attached hydrogens (tertiary/aromatic N) is 2. The van der Waals surface area contributed by atoms with Gasteiger partial charge in [-0.2, -0.15) is 5.10 Å². The van der Waals surface area contributed by atoms with Gasteiger partial charge >= 0.3 is 0 Å². The fourth-order valence-corrected chi connectivity index (χ4v) is 2.22. The summed E-state index contributed by atoms with van der Waals surface area (Å²) in [5, 5.41) is 6.72. The molecular weight excluding hydrogens is 238 g/mol. The number of amides is 1. The maximum atomic E-state index is 12.4. The second-order valence-electron chi connectivity index (χ2n) is 4.53. The van der Waals surface area contributed by atoms with Crippen molar-refractivity contribution in [3.05, 3.63) is 17.5 Å². The lowest BCUT2D eigenvalue weighted by atomic mass is 9.91. The highest BCUT2D eigenvalue weighted by Gasteiger charge is 2.29. The average Bonchev–Trinajstić information content (AvgIpc) is 2.67. The Labute approximate surface area is 106 Å². The molecule has 1 aromatic rings. The van der Waals surface area contributed by atoms with E-state index in [1.807, 2.05) is 11.8 Å². The van der Waals surface area contributed by atoms with E-state index in [0.29, 0.717) is 17.5 Å². The highest BCUT2D eigenvalue weighted by Crippen LogP contribution is 2.26. The molecule has 0 unspecified atom stereocenters. The van der Waals surface area contributed by atoms with Gasteiger partial charge in [0.2, 0.25) is 0 Å². The molecular formula is C12H18ClN3O. The number of rotatable bonds is 5. The van der Waals surface area contributed by atoms with E-state index in [0.717, 1.165) is 31.5 Å². The van der Waals surface area contributed by atoms with Gasteiger partial charge in [-0.25, -0.2) is 0 Å². The number of aryl methyl sites for hydroxylation is 1. The van der Waals surface area contributed by atoms with Crippen molar-refractivity contribution < 1.29 is 4.79 Å². The fourth-order valence-electron chi connectivity index (χ4n) is 2.10. The number of nitrogens with one attached hydrogen (secondary N) is 1. The van der Waals surface area contributed by atoms with Gasteiger partial charge in [-0.1, -0.05) is 0 Å². The number of H-pyrrole nitrogens is 1. The number of carbonyl (C=O) groups excluding carboxylic acids is 1. The first-order chi connectivity index (χ1) is 8.24. The summed E-state index contributed by atoms with van der Waals surface area (Å²) < 4.78 is 0. The van der Waals surface area contributed by atoms with Gasteiger partial charge in [-0.15, -0.1) is 11.6 Å². The molecule has 1 N–H and O–H groups in total. The van der Waals surface area contributed by atoms with Crippen LogP contribution in [-0.2, 0) is 0 Å². The van der Waals surface area contributed by atoms with Gasteiger partial charge in [0.05, 0.1) is 11.8 Å². The Kier molecular flexibility index (Phi) is 4.05. The van der Waals surface area contributed by atoms with Gasteiger partial charge in [0.25, 0.3) is 5.91 Å². The Morgan fingerprint density at radius 3 is 2.88 bits per heavy atom. The molecule has 0 saturated heterocycles. The van der Waals surface area contributed by atoms with E-state index in [9.17, 15) is 4.79 Å². The SMILES string of the molecule is Cc1[nH]ncc1C(=O)N(CCCCl)C1CCC1. The first-order valence-corrected chi connectivity index (χ1v) is 6.64. The zero-order chi connectivity index (χ0) is 12.3. The Morgan fingerprint density at radius 1 is 1.65 bits per heavy atom. The summed E-state index contributed by atoms with van der Waals surface area (Å²) in [7, 11) is 0. The maximum absolute atomic E-state index is 12.4. The topological polar surface area (TPSA) is 49.0 Å². The molecule has 1 aliphatic carbocycles. The molecule has 0 spiro atoms. The molecule has 1 fully saturated rings.